The largest absolute Gasteiger partial charge is 0.345 e. The lowest BCUT2D eigenvalue weighted by Crippen LogP contribution is -2.46. The fourth-order valence-corrected chi connectivity index (χ4v) is 4.58. The average molecular weight is 582 g/mol. The molecule has 0 spiro atoms. The van der Waals surface area contributed by atoms with Crippen molar-refractivity contribution in [3.05, 3.63) is 88.2 Å². The second-order valence-corrected chi connectivity index (χ2v) is 11.1. The van der Waals surface area contributed by atoms with Crippen LogP contribution in [0.25, 0.3) is 0 Å². The van der Waals surface area contributed by atoms with Gasteiger partial charge in [0, 0.05) is 41.7 Å². The highest BCUT2D eigenvalue weighted by atomic mass is 79.9. The number of benzene rings is 2. The molecule has 0 aliphatic carbocycles. The van der Waals surface area contributed by atoms with E-state index < -0.39 is 0 Å². The number of rotatable bonds is 13. The Morgan fingerprint density at radius 1 is 0.947 bits per heavy atom. The molecule has 204 valence electrons. The predicted octanol–water partition coefficient (Wildman–Crippen LogP) is 7.18. The maximum Gasteiger partial charge on any atom is 0.322 e. The van der Waals surface area contributed by atoms with Crippen LogP contribution in [0, 0.1) is 5.92 Å². The molecule has 2 aromatic carbocycles. The summed E-state index contributed by atoms with van der Waals surface area (Å²) >= 11 is 3.50. The number of anilines is 1. The van der Waals surface area contributed by atoms with Gasteiger partial charge in [-0.25, -0.2) is 4.79 Å². The average Bonchev–Trinajstić information content (AvgIpc) is 3.33. The summed E-state index contributed by atoms with van der Waals surface area (Å²) < 4.78 is 3.24. The number of halogens is 1. The summed E-state index contributed by atoms with van der Waals surface area (Å²) in [4.78, 5) is 30.3. The minimum absolute atomic E-state index is 0.0352. The van der Waals surface area contributed by atoms with Crippen LogP contribution < -0.4 is 5.32 Å². The SMILES string of the molecule is CCCCN(Cc1cccn1Cc1ccc(Br)cc1)C(=O)CN(CC(C)C)C(=O)Nc1ccc(CC)cc1. The summed E-state index contributed by atoms with van der Waals surface area (Å²) in [7, 11) is 0. The Bertz CT molecular complexity index is 1160. The molecule has 6 nitrogen and oxygen atoms in total. The first-order valence-electron chi connectivity index (χ1n) is 13.6. The van der Waals surface area contributed by atoms with Crippen molar-refractivity contribution in [3.8, 4) is 0 Å². The topological polar surface area (TPSA) is 57.6 Å². The number of urea groups is 1. The molecule has 1 N–H and O–H groups in total. The zero-order valence-electron chi connectivity index (χ0n) is 23.1. The molecule has 0 fully saturated rings. The van der Waals surface area contributed by atoms with Gasteiger partial charge in [-0.2, -0.15) is 0 Å². The molecule has 0 unspecified atom stereocenters. The van der Waals surface area contributed by atoms with Crippen molar-refractivity contribution in [2.24, 2.45) is 5.92 Å². The second-order valence-electron chi connectivity index (χ2n) is 10.2. The van der Waals surface area contributed by atoms with Crippen LogP contribution in [0.4, 0.5) is 10.5 Å². The number of amides is 3. The van der Waals surface area contributed by atoms with Gasteiger partial charge in [0.25, 0.3) is 0 Å². The van der Waals surface area contributed by atoms with Gasteiger partial charge in [-0.3, -0.25) is 4.79 Å². The van der Waals surface area contributed by atoms with Crippen LogP contribution in [0.3, 0.4) is 0 Å². The van der Waals surface area contributed by atoms with Gasteiger partial charge in [-0.1, -0.05) is 74.3 Å². The predicted molar refractivity (Wildman–Crippen MR) is 159 cm³/mol. The van der Waals surface area contributed by atoms with Crippen LogP contribution in [0.2, 0.25) is 0 Å². The Labute approximate surface area is 236 Å². The van der Waals surface area contributed by atoms with Crippen molar-refractivity contribution in [2.45, 2.75) is 60.0 Å². The highest BCUT2D eigenvalue weighted by Gasteiger charge is 2.23. The fourth-order valence-electron chi connectivity index (χ4n) is 4.32. The first-order chi connectivity index (χ1) is 18.3. The van der Waals surface area contributed by atoms with E-state index in [2.05, 4.69) is 77.9 Å². The third kappa shape index (κ3) is 9.05. The Morgan fingerprint density at radius 2 is 1.63 bits per heavy atom. The van der Waals surface area contributed by atoms with Crippen molar-refractivity contribution in [1.82, 2.24) is 14.4 Å². The fraction of sp³-hybridized carbons (Fsp3) is 0.419. The lowest BCUT2D eigenvalue weighted by Gasteiger charge is -2.29. The molecule has 0 aliphatic rings. The van der Waals surface area contributed by atoms with Crippen molar-refractivity contribution < 1.29 is 9.59 Å². The summed E-state index contributed by atoms with van der Waals surface area (Å²) in [5, 5.41) is 2.98. The molecule has 38 heavy (non-hydrogen) atoms. The molecule has 0 radical (unpaired) electrons. The van der Waals surface area contributed by atoms with Crippen LogP contribution in [-0.2, 0) is 24.3 Å². The molecule has 0 saturated carbocycles. The molecule has 3 rings (SSSR count). The highest BCUT2D eigenvalue weighted by molar-refractivity contribution is 9.10. The molecule has 7 heteroatoms. The molecule has 0 atom stereocenters. The van der Waals surface area contributed by atoms with Gasteiger partial charge in [0.2, 0.25) is 5.91 Å². The molecule has 0 bridgehead atoms. The van der Waals surface area contributed by atoms with Gasteiger partial charge in [0.1, 0.15) is 6.54 Å². The van der Waals surface area contributed by atoms with Gasteiger partial charge in [-0.15, -0.1) is 0 Å². The molecule has 1 heterocycles. The molecule has 3 aromatic rings. The van der Waals surface area contributed by atoms with E-state index in [0.717, 1.165) is 41.7 Å². The summed E-state index contributed by atoms with van der Waals surface area (Å²) in [6.07, 6.45) is 4.91. The number of hydrogen-bond acceptors (Lipinski definition) is 2. The van der Waals surface area contributed by atoms with Crippen molar-refractivity contribution in [2.75, 3.05) is 25.0 Å². The van der Waals surface area contributed by atoms with Crippen molar-refractivity contribution in [1.29, 1.82) is 0 Å². The van der Waals surface area contributed by atoms with E-state index in [1.54, 1.807) is 4.90 Å². The van der Waals surface area contributed by atoms with E-state index in [4.69, 9.17) is 0 Å². The Balaban J connectivity index is 1.72. The van der Waals surface area contributed by atoms with Gasteiger partial charge in [-0.05, 0) is 66.3 Å². The normalized spacial score (nSPS) is 11.0. The maximum atomic E-state index is 13.6. The van der Waals surface area contributed by atoms with Crippen molar-refractivity contribution >= 4 is 33.6 Å². The number of unbranched alkanes of at least 4 members (excludes halogenated alkanes) is 1. The minimum Gasteiger partial charge on any atom is -0.345 e. The van der Waals surface area contributed by atoms with Crippen LogP contribution >= 0.6 is 15.9 Å². The minimum atomic E-state index is -0.245. The van der Waals surface area contributed by atoms with E-state index in [1.165, 1.54) is 11.1 Å². The lowest BCUT2D eigenvalue weighted by atomic mass is 10.1. The number of aromatic nitrogens is 1. The number of carbonyl (C=O) groups is 2. The van der Waals surface area contributed by atoms with E-state index in [1.807, 2.05) is 47.4 Å². The van der Waals surface area contributed by atoms with Crippen LogP contribution in [0.1, 0.15) is 57.4 Å². The number of nitrogens with zero attached hydrogens (tertiary/aromatic N) is 3. The Hall–Kier alpha value is -3.06. The second kappa shape index (κ2) is 14.8. The number of hydrogen-bond donors (Lipinski definition) is 1. The monoisotopic (exact) mass is 580 g/mol. The van der Waals surface area contributed by atoms with Gasteiger partial charge < -0.3 is 19.7 Å². The molecule has 3 amide bonds. The van der Waals surface area contributed by atoms with Gasteiger partial charge in [0.05, 0.1) is 6.54 Å². The summed E-state index contributed by atoms with van der Waals surface area (Å²) in [6.45, 7) is 10.8. The highest BCUT2D eigenvalue weighted by Crippen LogP contribution is 2.16. The molecule has 0 saturated heterocycles. The zero-order valence-corrected chi connectivity index (χ0v) is 24.7. The molecular weight excluding hydrogens is 540 g/mol. The lowest BCUT2D eigenvalue weighted by molar-refractivity contribution is -0.132. The first-order valence-corrected chi connectivity index (χ1v) is 14.4. The Morgan fingerprint density at radius 3 is 2.26 bits per heavy atom. The third-order valence-corrected chi connectivity index (χ3v) is 7.02. The Kier molecular flexibility index (Phi) is 11.5. The van der Waals surface area contributed by atoms with Gasteiger partial charge >= 0.3 is 6.03 Å². The quantitative estimate of drug-likeness (QED) is 0.233. The number of nitrogens with one attached hydrogen (secondary N) is 1. The zero-order chi connectivity index (χ0) is 27.5. The van der Waals surface area contributed by atoms with E-state index >= 15 is 0 Å². The molecule has 1 aromatic heterocycles. The van der Waals surface area contributed by atoms with Gasteiger partial charge in [0.15, 0.2) is 0 Å². The maximum absolute atomic E-state index is 13.6. The molecule has 0 aliphatic heterocycles. The van der Waals surface area contributed by atoms with E-state index in [9.17, 15) is 9.59 Å². The smallest absolute Gasteiger partial charge is 0.322 e. The first kappa shape index (κ1) is 29.5. The molecular formula is C31H41BrN4O2. The van der Waals surface area contributed by atoms with E-state index in [-0.39, 0.29) is 24.4 Å². The summed E-state index contributed by atoms with van der Waals surface area (Å²) in [5.74, 6) is 0.204. The van der Waals surface area contributed by atoms with Crippen molar-refractivity contribution in [3.63, 3.8) is 0 Å². The summed E-state index contributed by atoms with van der Waals surface area (Å²) in [5.41, 5.74) is 4.23. The van der Waals surface area contributed by atoms with E-state index in [0.29, 0.717) is 19.6 Å². The van der Waals surface area contributed by atoms with Crippen LogP contribution in [0.5, 0.6) is 0 Å². The standard InChI is InChI=1S/C31H41BrN4O2/c1-5-7-18-35(22-29-9-8-19-34(29)21-26-10-14-27(32)15-11-26)30(37)23-36(20-24(3)4)31(38)33-28-16-12-25(6-2)13-17-28/h8-17,19,24H,5-7,18,20-23H2,1-4H3,(H,33,38). The summed E-state index contributed by atoms with van der Waals surface area (Å²) in [6, 6.07) is 20.0. The number of aryl methyl sites for hydroxylation is 1. The third-order valence-electron chi connectivity index (χ3n) is 6.49. The number of carbonyl (C=O) groups excluding carboxylic acids is 2. The van der Waals surface area contributed by atoms with Crippen LogP contribution in [0.15, 0.2) is 71.3 Å². The van der Waals surface area contributed by atoms with Crippen LogP contribution in [-0.4, -0.2) is 45.9 Å².